The summed E-state index contributed by atoms with van der Waals surface area (Å²) in [6.07, 6.45) is 2.46. The smallest absolute Gasteiger partial charge is 0.332 e. The fourth-order valence-corrected chi connectivity index (χ4v) is 1.35. The highest BCUT2D eigenvalue weighted by atomic mass is 16.3. The van der Waals surface area contributed by atoms with E-state index in [1.807, 2.05) is 5.43 Å². The van der Waals surface area contributed by atoms with Gasteiger partial charge in [0, 0.05) is 0 Å². The molecule has 0 spiro atoms. The van der Waals surface area contributed by atoms with Crippen molar-refractivity contribution in [3.8, 4) is 0 Å². The van der Waals surface area contributed by atoms with Crippen molar-refractivity contribution in [2.75, 3.05) is 0 Å². The van der Waals surface area contributed by atoms with Crippen molar-refractivity contribution in [3.63, 3.8) is 0 Å². The number of primary amides is 1. The monoisotopic (exact) mass is 231 g/mol. The van der Waals surface area contributed by atoms with Crippen LogP contribution in [-0.2, 0) is 0 Å². The summed E-state index contributed by atoms with van der Waals surface area (Å²) >= 11 is 0. The van der Waals surface area contributed by atoms with Gasteiger partial charge in [-0.15, -0.1) is 0 Å². The number of rotatable bonds is 2. The Hall–Kier alpha value is -2.63. The van der Waals surface area contributed by atoms with Gasteiger partial charge in [0.05, 0.1) is 17.2 Å². The van der Waals surface area contributed by atoms with Crippen LogP contribution in [0.1, 0.15) is 5.56 Å². The van der Waals surface area contributed by atoms with E-state index >= 15 is 0 Å². The lowest BCUT2D eigenvalue weighted by atomic mass is 10.2. The molecule has 2 rings (SSSR count). The maximum absolute atomic E-state index is 11.9. The lowest BCUT2D eigenvalue weighted by Crippen LogP contribution is -2.24. The number of urea groups is 1. The molecule has 0 bridgehead atoms. The Kier molecular flexibility index (Phi) is 2.87. The average molecular weight is 231 g/mol. The maximum Gasteiger partial charge on any atom is 0.332 e. The van der Waals surface area contributed by atoms with E-state index in [1.165, 1.54) is 12.5 Å². The Balaban J connectivity index is 2.43. The lowest BCUT2D eigenvalue weighted by molar-refractivity contribution is 0.249. The average Bonchev–Trinajstić information content (AvgIpc) is 2.32. The largest absolute Gasteiger partial charge is 0.463 e. The Morgan fingerprint density at radius 3 is 2.94 bits per heavy atom. The first-order valence-corrected chi connectivity index (χ1v) is 4.77. The second-order valence-electron chi connectivity index (χ2n) is 3.25. The third-order valence-corrected chi connectivity index (χ3v) is 2.09. The molecule has 2 amide bonds. The molecule has 6 nitrogen and oxygen atoms in total. The lowest BCUT2D eigenvalue weighted by Gasteiger charge is -1.97. The highest BCUT2D eigenvalue weighted by Crippen LogP contribution is 2.09. The van der Waals surface area contributed by atoms with Crippen molar-refractivity contribution in [1.82, 2.24) is 5.43 Å². The van der Waals surface area contributed by atoms with Crippen LogP contribution < -0.4 is 16.6 Å². The maximum atomic E-state index is 11.9. The summed E-state index contributed by atoms with van der Waals surface area (Å²) in [5, 5.41) is 3.95. The van der Waals surface area contributed by atoms with Gasteiger partial charge < -0.3 is 10.2 Å². The Morgan fingerprint density at radius 2 is 2.18 bits per heavy atom. The topological polar surface area (TPSA) is 97.7 Å². The van der Waals surface area contributed by atoms with Crippen LogP contribution in [0.3, 0.4) is 0 Å². The van der Waals surface area contributed by atoms with Crippen LogP contribution in [0.5, 0.6) is 0 Å². The fraction of sp³-hybridized carbons (Fsp3) is 0. The predicted molar refractivity (Wildman–Crippen MR) is 62.8 cm³/mol. The number of nitrogens with zero attached hydrogens (tertiary/aromatic N) is 1. The Morgan fingerprint density at radius 1 is 1.41 bits per heavy atom. The van der Waals surface area contributed by atoms with Crippen molar-refractivity contribution in [2.45, 2.75) is 0 Å². The minimum Gasteiger partial charge on any atom is -0.463 e. The van der Waals surface area contributed by atoms with Crippen LogP contribution in [0, 0.1) is 0 Å². The zero-order chi connectivity index (χ0) is 12.3. The highest BCUT2D eigenvalue weighted by Gasteiger charge is 2.03. The van der Waals surface area contributed by atoms with E-state index in [4.69, 9.17) is 10.2 Å². The van der Waals surface area contributed by atoms with Crippen LogP contribution >= 0.6 is 0 Å². The normalized spacial score (nSPS) is 10.8. The molecule has 2 aromatic rings. The molecule has 3 N–H and O–H groups in total. The first kappa shape index (κ1) is 10.9. The summed E-state index contributed by atoms with van der Waals surface area (Å²) in [7, 11) is 0. The molecule has 1 aromatic carbocycles. The first-order valence-electron chi connectivity index (χ1n) is 4.77. The molecular formula is C11H9N3O3. The highest BCUT2D eigenvalue weighted by molar-refractivity contribution is 5.86. The third kappa shape index (κ3) is 2.31. The fourth-order valence-electron chi connectivity index (χ4n) is 1.35. The summed E-state index contributed by atoms with van der Waals surface area (Å²) in [4.78, 5) is 22.3. The van der Waals surface area contributed by atoms with Crippen LogP contribution in [0.25, 0.3) is 11.0 Å². The quantitative estimate of drug-likeness (QED) is 0.590. The number of hydrogen-bond acceptors (Lipinski definition) is 4. The summed E-state index contributed by atoms with van der Waals surface area (Å²) in [5.41, 5.74) is 7.33. The van der Waals surface area contributed by atoms with Crippen molar-refractivity contribution in [3.05, 3.63) is 46.3 Å². The molecule has 0 fully saturated rings. The molecule has 0 saturated heterocycles. The molecule has 1 heterocycles. The summed E-state index contributed by atoms with van der Waals surface area (Å²) in [6.45, 7) is 0. The van der Waals surface area contributed by atoms with E-state index in [0.29, 0.717) is 11.0 Å². The molecular weight excluding hydrogens is 222 g/mol. The number of nitrogens with two attached hydrogens (primary N) is 1. The van der Waals surface area contributed by atoms with Gasteiger partial charge in [-0.1, -0.05) is 12.1 Å². The second kappa shape index (κ2) is 4.48. The molecule has 0 aliphatic rings. The van der Waals surface area contributed by atoms with Crippen LogP contribution in [0.15, 0.2) is 44.8 Å². The summed E-state index contributed by atoms with van der Waals surface area (Å²) in [5.74, 6) is 0. The molecule has 0 radical (unpaired) electrons. The zero-order valence-electron chi connectivity index (χ0n) is 8.71. The second-order valence-corrected chi connectivity index (χ2v) is 3.25. The molecule has 0 aliphatic heterocycles. The number of carbonyl (C=O) groups excluding carboxylic acids is 1. The summed E-state index contributed by atoms with van der Waals surface area (Å²) in [6, 6.07) is 6.06. The van der Waals surface area contributed by atoms with Crippen molar-refractivity contribution < 1.29 is 9.21 Å². The van der Waals surface area contributed by atoms with Crippen molar-refractivity contribution in [1.29, 1.82) is 0 Å². The van der Waals surface area contributed by atoms with E-state index in [0.717, 1.165) is 0 Å². The Bertz CT molecular complexity index is 646. The number of carbonyl (C=O) groups is 1. The minimum atomic E-state index is -0.800. The SMILES string of the molecule is NC(=O)N/N=C/c1coc2ccccc2c1=O. The third-order valence-electron chi connectivity index (χ3n) is 2.09. The molecule has 0 atom stereocenters. The number of fused-ring (bicyclic) bond motifs is 1. The number of amides is 2. The number of benzene rings is 1. The van der Waals surface area contributed by atoms with Crippen LogP contribution in [-0.4, -0.2) is 12.2 Å². The van der Waals surface area contributed by atoms with Gasteiger partial charge in [0.25, 0.3) is 0 Å². The molecule has 86 valence electrons. The minimum absolute atomic E-state index is 0.220. The standard InChI is InChI=1S/C11H9N3O3/c12-11(16)14-13-5-7-6-17-9-4-2-1-3-8(9)10(7)15/h1-6H,(H3,12,14,16)/b13-5+. The van der Waals surface area contributed by atoms with Gasteiger partial charge in [-0.05, 0) is 12.1 Å². The first-order chi connectivity index (χ1) is 8.18. The van der Waals surface area contributed by atoms with Crippen molar-refractivity contribution in [2.24, 2.45) is 10.8 Å². The van der Waals surface area contributed by atoms with Gasteiger partial charge in [0.1, 0.15) is 11.8 Å². The van der Waals surface area contributed by atoms with E-state index in [9.17, 15) is 9.59 Å². The van der Waals surface area contributed by atoms with Crippen LogP contribution in [0.2, 0.25) is 0 Å². The molecule has 0 saturated carbocycles. The number of hydrazone groups is 1. The Labute approximate surface area is 95.7 Å². The van der Waals surface area contributed by atoms with Gasteiger partial charge in [0.2, 0.25) is 5.43 Å². The van der Waals surface area contributed by atoms with E-state index < -0.39 is 6.03 Å². The molecule has 0 aliphatic carbocycles. The molecule has 1 aromatic heterocycles. The summed E-state index contributed by atoms with van der Waals surface area (Å²) < 4.78 is 5.25. The van der Waals surface area contributed by atoms with E-state index in [1.54, 1.807) is 24.3 Å². The number of para-hydroxylation sites is 1. The number of hydrogen-bond donors (Lipinski definition) is 2. The molecule has 17 heavy (non-hydrogen) atoms. The predicted octanol–water partition coefficient (Wildman–Crippen LogP) is 0.795. The van der Waals surface area contributed by atoms with E-state index in [-0.39, 0.29) is 11.0 Å². The van der Waals surface area contributed by atoms with Gasteiger partial charge in [-0.3, -0.25) is 4.79 Å². The van der Waals surface area contributed by atoms with E-state index in [2.05, 4.69) is 5.10 Å². The molecule has 6 heteroatoms. The van der Waals surface area contributed by atoms with Gasteiger partial charge in [0.15, 0.2) is 0 Å². The molecule has 0 unspecified atom stereocenters. The van der Waals surface area contributed by atoms with Gasteiger partial charge >= 0.3 is 6.03 Å². The van der Waals surface area contributed by atoms with Gasteiger partial charge in [-0.25, -0.2) is 10.2 Å². The zero-order valence-corrected chi connectivity index (χ0v) is 8.71. The van der Waals surface area contributed by atoms with Crippen molar-refractivity contribution >= 4 is 23.2 Å². The van der Waals surface area contributed by atoms with Crippen LogP contribution in [0.4, 0.5) is 4.79 Å². The number of nitrogens with one attached hydrogen (secondary N) is 1. The van der Waals surface area contributed by atoms with Gasteiger partial charge in [-0.2, -0.15) is 5.10 Å².